The van der Waals surface area contributed by atoms with Crippen LogP contribution in [0.3, 0.4) is 0 Å². The first kappa shape index (κ1) is 19.0. The molecular formula is C11H9Br3F3NO2S2. The fourth-order valence-corrected chi connectivity index (χ4v) is 8.25. The van der Waals surface area contributed by atoms with Gasteiger partial charge in [-0.05, 0) is 50.4 Å². The van der Waals surface area contributed by atoms with Crippen LogP contribution in [0.1, 0.15) is 6.42 Å². The van der Waals surface area contributed by atoms with Crippen molar-refractivity contribution in [2.45, 2.75) is 28.8 Å². The lowest BCUT2D eigenvalue weighted by atomic mass is 10.2. The Balaban J connectivity index is 2.20. The van der Waals surface area contributed by atoms with Crippen LogP contribution in [0.2, 0.25) is 0 Å². The van der Waals surface area contributed by atoms with Crippen LogP contribution in [0.25, 0.3) is 0 Å². The predicted octanol–water partition coefficient (Wildman–Crippen LogP) is 4.69. The van der Waals surface area contributed by atoms with Crippen molar-refractivity contribution in [2.75, 3.05) is 5.75 Å². The van der Waals surface area contributed by atoms with E-state index < -0.39 is 27.5 Å². The summed E-state index contributed by atoms with van der Waals surface area (Å²) in [6.07, 6.45) is -4.58. The van der Waals surface area contributed by atoms with Crippen molar-refractivity contribution in [1.82, 2.24) is 4.72 Å². The average Bonchev–Trinajstić information content (AvgIpc) is 2.73. The monoisotopic (exact) mass is 545 g/mol. The molecule has 2 rings (SSSR count). The van der Waals surface area contributed by atoms with Crippen LogP contribution >= 0.6 is 59.6 Å². The third-order valence-corrected chi connectivity index (χ3v) is 8.23. The highest BCUT2D eigenvalue weighted by Crippen LogP contribution is 2.40. The first-order valence-corrected chi connectivity index (χ1v) is 10.8. The fourth-order valence-electron chi connectivity index (χ4n) is 2.00. The summed E-state index contributed by atoms with van der Waals surface area (Å²) in [6, 6.07) is 2.37. The van der Waals surface area contributed by atoms with Gasteiger partial charge in [-0.3, -0.25) is 0 Å². The van der Waals surface area contributed by atoms with Gasteiger partial charge in [-0.1, -0.05) is 15.9 Å². The zero-order chi connectivity index (χ0) is 16.7. The third kappa shape index (κ3) is 4.41. The Hall–Kier alpha value is 0.710. The molecule has 1 N–H and O–H groups in total. The Morgan fingerprint density at radius 1 is 1.18 bits per heavy atom. The van der Waals surface area contributed by atoms with E-state index in [4.69, 9.17) is 0 Å². The highest BCUT2D eigenvalue weighted by atomic mass is 79.9. The summed E-state index contributed by atoms with van der Waals surface area (Å²) in [7, 11) is -3.94. The Labute approximate surface area is 155 Å². The van der Waals surface area contributed by atoms with Gasteiger partial charge in [-0.25, -0.2) is 13.1 Å². The molecule has 11 heteroatoms. The second-order valence-electron chi connectivity index (χ2n) is 4.62. The van der Waals surface area contributed by atoms with Gasteiger partial charge < -0.3 is 0 Å². The number of halogens is 6. The molecule has 22 heavy (non-hydrogen) atoms. The van der Waals surface area contributed by atoms with Gasteiger partial charge in [0.1, 0.15) is 10.1 Å². The standard InChI is InChI=1S/C11H9Br3F3NO2S2/c12-5-1-7(13)10(8(14)2-5)22(19,20)18-6-3-9(21-4-6)11(15,16)17/h1-2,6,9,18H,3-4H2. The summed E-state index contributed by atoms with van der Waals surface area (Å²) < 4.78 is 66.4. The fraction of sp³-hybridized carbons (Fsp3) is 0.455. The van der Waals surface area contributed by atoms with E-state index in [1.54, 1.807) is 12.1 Å². The molecule has 0 bridgehead atoms. The molecule has 1 saturated heterocycles. The van der Waals surface area contributed by atoms with Crippen molar-refractivity contribution in [1.29, 1.82) is 0 Å². The normalized spacial score (nSPS) is 23.0. The second-order valence-corrected chi connectivity index (χ2v) is 10.1. The van der Waals surface area contributed by atoms with E-state index in [2.05, 4.69) is 52.5 Å². The number of alkyl halides is 3. The summed E-state index contributed by atoms with van der Waals surface area (Å²) in [6.45, 7) is 0. The number of hydrogen-bond donors (Lipinski definition) is 1. The van der Waals surface area contributed by atoms with E-state index in [1.165, 1.54) is 0 Å². The lowest BCUT2D eigenvalue weighted by Crippen LogP contribution is -2.36. The molecule has 124 valence electrons. The maximum absolute atomic E-state index is 12.6. The Kier molecular flexibility index (Phi) is 5.98. The number of sulfonamides is 1. The molecule has 0 amide bonds. The van der Waals surface area contributed by atoms with E-state index in [9.17, 15) is 21.6 Å². The molecule has 0 aliphatic carbocycles. The number of benzene rings is 1. The summed E-state index contributed by atoms with van der Waals surface area (Å²) >= 11 is 10.3. The van der Waals surface area contributed by atoms with Crippen molar-refractivity contribution < 1.29 is 21.6 Å². The van der Waals surface area contributed by atoms with E-state index in [0.717, 1.165) is 11.8 Å². The minimum atomic E-state index is -4.32. The molecule has 0 radical (unpaired) electrons. The predicted molar refractivity (Wildman–Crippen MR) is 90.6 cm³/mol. The quantitative estimate of drug-likeness (QED) is 0.597. The smallest absolute Gasteiger partial charge is 0.207 e. The second kappa shape index (κ2) is 6.91. The zero-order valence-electron chi connectivity index (χ0n) is 10.6. The average molecular weight is 548 g/mol. The van der Waals surface area contributed by atoms with Crippen LogP contribution in [0.15, 0.2) is 30.4 Å². The lowest BCUT2D eigenvalue weighted by molar-refractivity contribution is -0.129. The van der Waals surface area contributed by atoms with Gasteiger partial charge in [-0.2, -0.15) is 13.2 Å². The minimum Gasteiger partial charge on any atom is -0.207 e. The van der Waals surface area contributed by atoms with Crippen LogP contribution in [0, 0.1) is 0 Å². The maximum Gasteiger partial charge on any atom is 0.400 e. The molecular weight excluding hydrogens is 539 g/mol. The molecule has 0 aromatic heterocycles. The van der Waals surface area contributed by atoms with E-state index >= 15 is 0 Å². The van der Waals surface area contributed by atoms with Gasteiger partial charge in [0.05, 0.1) is 0 Å². The zero-order valence-corrected chi connectivity index (χ0v) is 17.0. The van der Waals surface area contributed by atoms with Crippen molar-refractivity contribution >= 4 is 69.6 Å². The van der Waals surface area contributed by atoms with Crippen molar-refractivity contribution in [2.24, 2.45) is 0 Å². The maximum atomic E-state index is 12.6. The molecule has 1 aromatic rings. The van der Waals surface area contributed by atoms with Gasteiger partial charge in [0.25, 0.3) is 0 Å². The Morgan fingerprint density at radius 3 is 2.18 bits per heavy atom. The largest absolute Gasteiger partial charge is 0.400 e. The van der Waals surface area contributed by atoms with Gasteiger partial charge in [0, 0.05) is 25.2 Å². The molecule has 1 aliphatic rings. The van der Waals surface area contributed by atoms with Gasteiger partial charge in [-0.15, -0.1) is 11.8 Å². The van der Waals surface area contributed by atoms with Crippen LogP contribution < -0.4 is 4.72 Å². The Bertz CT molecular complexity index is 659. The molecule has 2 atom stereocenters. The van der Waals surface area contributed by atoms with E-state index in [0.29, 0.717) is 13.4 Å². The lowest BCUT2D eigenvalue weighted by Gasteiger charge is -2.16. The number of hydrogen-bond acceptors (Lipinski definition) is 3. The molecule has 1 fully saturated rings. The number of nitrogens with one attached hydrogen (secondary N) is 1. The van der Waals surface area contributed by atoms with Crippen LogP contribution in [-0.4, -0.2) is 31.6 Å². The highest BCUT2D eigenvalue weighted by molar-refractivity contribution is 9.11. The molecule has 2 unspecified atom stereocenters. The topological polar surface area (TPSA) is 46.2 Å². The van der Waals surface area contributed by atoms with Crippen LogP contribution in [0.5, 0.6) is 0 Å². The SMILES string of the molecule is O=S(=O)(NC1CSC(C(F)(F)F)C1)c1c(Br)cc(Br)cc1Br. The first-order valence-electron chi connectivity index (χ1n) is 5.86. The molecule has 3 nitrogen and oxygen atoms in total. The molecule has 0 spiro atoms. The highest BCUT2D eigenvalue weighted by Gasteiger charge is 2.45. The molecule has 1 aromatic carbocycles. The van der Waals surface area contributed by atoms with E-state index in [-0.39, 0.29) is 17.1 Å². The van der Waals surface area contributed by atoms with Crippen molar-refractivity contribution in [3.63, 3.8) is 0 Å². The van der Waals surface area contributed by atoms with Gasteiger partial charge in [0.15, 0.2) is 0 Å². The van der Waals surface area contributed by atoms with Gasteiger partial charge in [0.2, 0.25) is 10.0 Å². The summed E-state index contributed by atoms with van der Waals surface area (Å²) in [5, 5.41) is -1.53. The summed E-state index contributed by atoms with van der Waals surface area (Å²) in [5.41, 5.74) is 0. The summed E-state index contributed by atoms with van der Waals surface area (Å²) in [5.74, 6) is 0.0924. The first-order chi connectivity index (χ1) is 10.0. The molecule has 1 heterocycles. The van der Waals surface area contributed by atoms with Crippen molar-refractivity contribution in [3.05, 3.63) is 25.6 Å². The van der Waals surface area contributed by atoms with Crippen molar-refractivity contribution in [3.8, 4) is 0 Å². The Morgan fingerprint density at radius 2 is 1.73 bits per heavy atom. The number of thioether (sulfide) groups is 1. The van der Waals surface area contributed by atoms with Crippen LogP contribution in [-0.2, 0) is 10.0 Å². The molecule has 1 aliphatic heterocycles. The number of rotatable bonds is 3. The minimum absolute atomic E-state index is 0.0313. The third-order valence-electron chi connectivity index (χ3n) is 2.92. The molecule has 0 saturated carbocycles. The van der Waals surface area contributed by atoms with Crippen LogP contribution in [0.4, 0.5) is 13.2 Å². The van der Waals surface area contributed by atoms with Gasteiger partial charge >= 0.3 is 6.18 Å². The summed E-state index contributed by atoms with van der Waals surface area (Å²) in [4.78, 5) is -0.0313. The van der Waals surface area contributed by atoms with E-state index in [1.807, 2.05) is 0 Å².